The molecule has 1 saturated carbocycles. The lowest BCUT2D eigenvalue weighted by molar-refractivity contribution is -0.0642. The fourth-order valence-corrected chi connectivity index (χ4v) is 2.04. The van der Waals surface area contributed by atoms with Gasteiger partial charge in [0.25, 0.3) is 0 Å². The van der Waals surface area contributed by atoms with E-state index in [1.165, 1.54) is 18.2 Å². The number of esters is 1. The molecule has 0 aliphatic heterocycles. The number of halogens is 2. The van der Waals surface area contributed by atoms with Gasteiger partial charge in [0, 0.05) is 24.4 Å². The van der Waals surface area contributed by atoms with Gasteiger partial charge in [-0.25, -0.2) is 9.18 Å². The Balaban J connectivity index is 1.98. The van der Waals surface area contributed by atoms with Crippen molar-refractivity contribution in [2.45, 2.75) is 25.0 Å². The molecule has 0 saturated heterocycles. The zero-order valence-electron chi connectivity index (χ0n) is 9.28. The van der Waals surface area contributed by atoms with Crippen LogP contribution in [0.2, 0.25) is 0 Å². The highest BCUT2D eigenvalue weighted by Crippen LogP contribution is 2.27. The topological polar surface area (TPSA) is 35.5 Å². The number of ether oxygens (including phenoxy) is 2. The second kappa shape index (κ2) is 5.14. The van der Waals surface area contributed by atoms with Crippen molar-refractivity contribution in [2.24, 2.45) is 0 Å². The van der Waals surface area contributed by atoms with E-state index < -0.39 is 11.8 Å². The first-order chi connectivity index (χ1) is 8.10. The Morgan fingerprint density at radius 3 is 2.76 bits per heavy atom. The number of carbonyl (C=O) groups is 1. The van der Waals surface area contributed by atoms with Crippen LogP contribution in [0.15, 0.2) is 22.7 Å². The van der Waals surface area contributed by atoms with Gasteiger partial charge in [-0.15, -0.1) is 0 Å². The third-order valence-corrected chi connectivity index (χ3v) is 3.30. The first-order valence-corrected chi connectivity index (χ1v) is 6.08. The molecule has 0 radical (unpaired) electrons. The lowest BCUT2D eigenvalue weighted by Crippen LogP contribution is -2.38. The number of carbonyl (C=O) groups excluding carboxylic acids is 1. The number of hydrogen-bond donors (Lipinski definition) is 0. The minimum Gasteiger partial charge on any atom is -0.458 e. The van der Waals surface area contributed by atoms with Gasteiger partial charge in [-0.3, -0.25) is 0 Å². The fraction of sp³-hybridized carbons (Fsp3) is 0.417. The SMILES string of the molecule is COC1CC(OC(=O)c2cc(Br)ccc2F)C1. The summed E-state index contributed by atoms with van der Waals surface area (Å²) in [6.45, 7) is 0. The molecule has 92 valence electrons. The van der Waals surface area contributed by atoms with Gasteiger partial charge in [-0.05, 0) is 18.2 Å². The predicted molar refractivity (Wildman–Crippen MR) is 63.3 cm³/mol. The second-order valence-corrected chi connectivity index (χ2v) is 4.90. The molecular weight excluding hydrogens is 291 g/mol. The van der Waals surface area contributed by atoms with Crippen molar-refractivity contribution < 1.29 is 18.7 Å². The lowest BCUT2D eigenvalue weighted by Gasteiger charge is -2.33. The summed E-state index contributed by atoms with van der Waals surface area (Å²) in [5.41, 5.74) is -0.0414. The summed E-state index contributed by atoms with van der Waals surface area (Å²) in [6, 6.07) is 4.19. The molecular formula is C12H12BrFO3. The first kappa shape index (κ1) is 12.5. The first-order valence-electron chi connectivity index (χ1n) is 5.29. The Bertz CT molecular complexity index is 430. The zero-order chi connectivity index (χ0) is 12.4. The van der Waals surface area contributed by atoms with E-state index in [1.54, 1.807) is 7.11 Å². The zero-order valence-corrected chi connectivity index (χ0v) is 10.9. The van der Waals surface area contributed by atoms with Crippen LogP contribution in [-0.4, -0.2) is 25.3 Å². The van der Waals surface area contributed by atoms with Crippen LogP contribution >= 0.6 is 15.9 Å². The van der Waals surface area contributed by atoms with Crippen molar-refractivity contribution in [1.29, 1.82) is 0 Å². The van der Waals surface area contributed by atoms with Crippen molar-refractivity contribution >= 4 is 21.9 Å². The molecule has 0 aromatic heterocycles. The van der Waals surface area contributed by atoms with Crippen LogP contribution in [0.4, 0.5) is 4.39 Å². The van der Waals surface area contributed by atoms with E-state index in [0.29, 0.717) is 17.3 Å². The van der Waals surface area contributed by atoms with E-state index in [4.69, 9.17) is 9.47 Å². The largest absolute Gasteiger partial charge is 0.458 e. The molecule has 0 heterocycles. The highest BCUT2D eigenvalue weighted by Gasteiger charge is 2.32. The average molecular weight is 303 g/mol. The number of rotatable bonds is 3. The number of methoxy groups -OCH3 is 1. The Hall–Kier alpha value is -0.940. The quantitative estimate of drug-likeness (QED) is 0.805. The molecule has 0 atom stereocenters. The molecule has 2 rings (SSSR count). The predicted octanol–water partition coefficient (Wildman–Crippen LogP) is 2.92. The van der Waals surface area contributed by atoms with Gasteiger partial charge in [0.05, 0.1) is 11.7 Å². The number of benzene rings is 1. The molecule has 0 unspecified atom stereocenters. The van der Waals surface area contributed by atoms with Gasteiger partial charge < -0.3 is 9.47 Å². The summed E-state index contributed by atoms with van der Waals surface area (Å²) in [5, 5.41) is 0. The summed E-state index contributed by atoms with van der Waals surface area (Å²) >= 11 is 3.19. The van der Waals surface area contributed by atoms with Crippen LogP contribution in [0, 0.1) is 5.82 Å². The molecule has 0 N–H and O–H groups in total. The van der Waals surface area contributed by atoms with Crippen molar-refractivity contribution in [1.82, 2.24) is 0 Å². The molecule has 1 aliphatic rings. The Morgan fingerprint density at radius 2 is 2.12 bits per heavy atom. The molecule has 1 fully saturated rings. The van der Waals surface area contributed by atoms with Crippen LogP contribution in [0.25, 0.3) is 0 Å². The fourth-order valence-electron chi connectivity index (χ4n) is 1.67. The van der Waals surface area contributed by atoms with Crippen molar-refractivity contribution in [3.05, 3.63) is 34.1 Å². The van der Waals surface area contributed by atoms with Crippen molar-refractivity contribution in [3.8, 4) is 0 Å². The molecule has 1 aromatic rings. The monoisotopic (exact) mass is 302 g/mol. The Labute approximate surface area is 107 Å². The number of hydrogen-bond acceptors (Lipinski definition) is 3. The van der Waals surface area contributed by atoms with E-state index in [9.17, 15) is 9.18 Å². The van der Waals surface area contributed by atoms with Gasteiger partial charge in [-0.1, -0.05) is 15.9 Å². The van der Waals surface area contributed by atoms with Crippen LogP contribution in [0.3, 0.4) is 0 Å². The van der Waals surface area contributed by atoms with Gasteiger partial charge in [0.15, 0.2) is 0 Å². The Kier molecular flexibility index (Phi) is 3.79. The summed E-state index contributed by atoms with van der Waals surface area (Å²) in [6.07, 6.45) is 1.35. The summed E-state index contributed by atoms with van der Waals surface area (Å²) in [7, 11) is 1.62. The van der Waals surface area contributed by atoms with Gasteiger partial charge in [0.2, 0.25) is 0 Å². The van der Waals surface area contributed by atoms with Gasteiger partial charge in [0.1, 0.15) is 11.9 Å². The van der Waals surface area contributed by atoms with E-state index in [0.717, 1.165) is 0 Å². The van der Waals surface area contributed by atoms with E-state index in [2.05, 4.69) is 15.9 Å². The normalized spacial score (nSPS) is 23.0. The average Bonchev–Trinajstić information content (AvgIpc) is 2.25. The maximum atomic E-state index is 13.4. The van der Waals surface area contributed by atoms with Crippen LogP contribution < -0.4 is 0 Å². The molecule has 0 bridgehead atoms. The molecule has 0 spiro atoms. The van der Waals surface area contributed by atoms with E-state index >= 15 is 0 Å². The van der Waals surface area contributed by atoms with Crippen LogP contribution in [-0.2, 0) is 9.47 Å². The maximum absolute atomic E-state index is 13.4. The summed E-state index contributed by atoms with van der Waals surface area (Å²) in [4.78, 5) is 11.7. The molecule has 0 amide bonds. The van der Waals surface area contributed by atoms with Crippen LogP contribution in [0.5, 0.6) is 0 Å². The molecule has 5 heteroatoms. The molecule has 1 aliphatic carbocycles. The maximum Gasteiger partial charge on any atom is 0.341 e. The molecule has 17 heavy (non-hydrogen) atoms. The molecule has 3 nitrogen and oxygen atoms in total. The highest BCUT2D eigenvalue weighted by atomic mass is 79.9. The second-order valence-electron chi connectivity index (χ2n) is 3.98. The Morgan fingerprint density at radius 1 is 1.41 bits per heavy atom. The van der Waals surface area contributed by atoms with Crippen molar-refractivity contribution in [2.75, 3.05) is 7.11 Å². The van der Waals surface area contributed by atoms with Crippen LogP contribution in [0.1, 0.15) is 23.2 Å². The third kappa shape index (κ3) is 2.84. The molecule has 1 aromatic carbocycles. The standard InChI is InChI=1S/C12H12BrFO3/c1-16-8-5-9(6-8)17-12(15)10-4-7(13)2-3-11(10)14/h2-4,8-9H,5-6H2,1H3. The van der Waals surface area contributed by atoms with E-state index in [-0.39, 0.29) is 17.8 Å². The third-order valence-electron chi connectivity index (χ3n) is 2.81. The van der Waals surface area contributed by atoms with E-state index in [1.807, 2.05) is 0 Å². The smallest absolute Gasteiger partial charge is 0.341 e. The summed E-state index contributed by atoms with van der Waals surface area (Å²) in [5.74, 6) is -1.19. The lowest BCUT2D eigenvalue weighted by atomic mass is 9.92. The van der Waals surface area contributed by atoms with Gasteiger partial charge in [-0.2, -0.15) is 0 Å². The minimum atomic E-state index is -0.622. The highest BCUT2D eigenvalue weighted by molar-refractivity contribution is 9.10. The van der Waals surface area contributed by atoms with Gasteiger partial charge >= 0.3 is 5.97 Å². The summed E-state index contributed by atoms with van der Waals surface area (Å²) < 4.78 is 24.3. The minimum absolute atomic E-state index is 0.0414. The van der Waals surface area contributed by atoms with Crippen molar-refractivity contribution in [3.63, 3.8) is 0 Å².